The Morgan fingerprint density at radius 1 is 1.27 bits per heavy atom. The van der Waals surface area contributed by atoms with Crippen LogP contribution in [0.5, 0.6) is 0 Å². The Kier molecular flexibility index (Phi) is 4.09. The Balaban J connectivity index is 3.13. The fraction of sp³-hybridized carbons (Fsp3) is 0. The van der Waals surface area contributed by atoms with Gasteiger partial charge in [0.25, 0.3) is 0 Å². The largest absolute Gasteiger partial charge is 0.254 e. The molecule has 0 aliphatic heterocycles. The van der Waals surface area contributed by atoms with Crippen LogP contribution in [0, 0.1) is 9.39 Å². The van der Waals surface area contributed by atoms with Gasteiger partial charge in [0.05, 0.1) is 51.4 Å². The Labute approximate surface area is 106 Å². The monoisotopic (exact) mass is 489 g/mol. The van der Waals surface area contributed by atoms with Gasteiger partial charge >= 0.3 is 0 Å². The highest BCUT2D eigenvalue weighted by Crippen LogP contribution is 2.28. The van der Waals surface area contributed by atoms with Gasteiger partial charge in [-0.3, -0.25) is 1.33 Å². The Morgan fingerprint density at radius 3 is 2.36 bits per heavy atom. The maximum atomic E-state index is 12.7. The lowest BCUT2D eigenvalue weighted by atomic mass is 10.3. The molecule has 1 aromatic rings. The zero-order valence-corrected chi connectivity index (χ0v) is 11.7. The van der Waals surface area contributed by atoms with Crippen molar-refractivity contribution in [2.75, 3.05) is 1.33 Å². The Morgan fingerprint density at radius 2 is 1.91 bits per heavy atom. The lowest BCUT2D eigenvalue weighted by molar-refractivity contribution is 0.628. The van der Waals surface area contributed by atoms with Crippen LogP contribution in [-0.2, 0) is 0 Å². The molecule has 1 nitrogen and oxygen atoms in total. The van der Waals surface area contributed by atoms with E-state index in [2.05, 4.69) is 68.3 Å². The molecule has 0 atom stereocenters. The molecule has 60 valence electrons. The second-order valence-electron chi connectivity index (χ2n) is 1.83. The van der Waals surface area contributed by atoms with Crippen LogP contribution in [0.2, 0.25) is 0 Å². The van der Waals surface area contributed by atoms with E-state index in [0.29, 0.717) is 0 Å². The molecule has 0 aliphatic carbocycles. The van der Waals surface area contributed by atoms with Crippen LogP contribution < -0.4 is 1.33 Å². The summed E-state index contributed by atoms with van der Waals surface area (Å²) < 4.78 is 15.6. The van der Waals surface area contributed by atoms with Gasteiger partial charge in [-0.05, 0) is 40.8 Å². The highest BCUT2D eigenvalue weighted by atomic mass is 127. The Hall–Kier alpha value is 1.14. The zero-order valence-electron chi connectivity index (χ0n) is 5.19. The van der Waals surface area contributed by atoms with Crippen LogP contribution in [0.1, 0.15) is 0 Å². The van der Waals surface area contributed by atoms with Crippen LogP contribution in [0.25, 0.3) is 0 Å². The molecule has 0 fully saturated rings. The average molecular weight is 489 g/mol. The minimum Gasteiger partial charge on any atom is -0.254 e. The molecule has 0 spiro atoms. The molecule has 1 aromatic carbocycles. The van der Waals surface area contributed by atoms with Gasteiger partial charge in [-0.2, -0.15) is 0 Å². The van der Waals surface area contributed by atoms with E-state index in [9.17, 15) is 4.39 Å². The summed E-state index contributed by atoms with van der Waals surface area (Å²) in [6, 6.07) is 4.73. The summed E-state index contributed by atoms with van der Waals surface area (Å²) in [6.45, 7) is 0. The first-order chi connectivity index (χ1) is 5.11. The average Bonchev–Trinajstić information content (AvgIpc) is 1.94. The standard InChI is InChI=1S/C6H3FI3N/c7-4-1-2-5(8)6(3-4)11(9)10/h1-3H. The van der Waals surface area contributed by atoms with Gasteiger partial charge in [-0.15, -0.1) is 0 Å². The molecule has 0 unspecified atom stereocenters. The summed E-state index contributed by atoms with van der Waals surface area (Å²) in [5.41, 5.74) is 0.895. The molecule has 5 heteroatoms. The van der Waals surface area contributed by atoms with Crippen LogP contribution in [-0.4, -0.2) is 0 Å². The van der Waals surface area contributed by atoms with Gasteiger partial charge in [0.2, 0.25) is 0 Å². The van der Waals surface area contributed by atoms with Gasteiger partial charge in [-0.25, -0.2) is 4.39 Å². The predicted octanol–water partition coefficient (Wildman–Crippen LogP) is 3.94. The minimum absolute atomic E-state index is 0.196. The summed E-state index contributed by atoms with van der Waals surface area (Å²) in [5.74, 6) is -0.196. The SMILES string of the molecule is Fc1ccc(I)c(N(I)I)c1. The molecule has 0 aromatic heterocycles. The van der Waals surface area contributed by atoms with E-state index in [0.717, 1.165) is 9.26 Å². The van der Waals surface area contributed by atoms with Crippen molar-refractivity contribution in [3.63, 3.8) is 0 Å². The third kappa shape index (κ3) is 2.83. The molecule has 0 heterocycles. The van der Waals surface area contributed by atoms with Crippen molar-refractivity contribution in [3.05, 3.63) is 27.6 Å². The third-order valence-electron chi connectivity index (χ3n) is 1.09. The van der Waals surface area contributed by atoms with E-state index in [4.69, 9.17) is 0 Å². The first kappa shape index (κ1) is 10.2. The molecule has 0 amide bonds. The third-order valence-corrected chi connectivity index (χ3v) is 3.04. The number of nitrogens with zero attached hydrogens (tertiary/aromatic N) is 1. The molecular weight excluding hydrogens is 486 g/mol. The van der Waals surface area contributed by atoms with E-state index < -0.39 is 0 Å². The predicted molar refractivity (Wildman–Crippen MR) is 69.6 cm³/mol. The van der Waals surface area contributed by atoms with E-state index in [1.165, 1.54) is 12.1 Å². The van der Waals surface area contributed by atoms with Gasteiger partial charge in [0.15, 0.2) is 0 Å². The first-order valence-corrected chi connectivity index (χ1v) is 5.69. The van der Waals surface area contributed by atoms with Crippen molar-refractivity contribution >= 4 is 74.0 Å². The van der Waals surface area contributed by atoms with E-state index in [-0.39, 0.29) is 5.82 Å². The molecule has 0 saturated carbocycles. The zero-order chi connectivity index (χ0) is 8.43. The van der Waals surface area contributed by atoms with E-state index in [1.54, 1.807) is 6.07 Å². The fourth-order valence-corrected chi connectivity index (χ4v) is 2.91. The normalized spacial score (nSPS) is 9.82. The number of anilines is 1. The molecule has 11 heavy (non-hydrogen) atoms. The molecule has 0 N–H and O–H groups in total. The minimum atomic E-state index is -0.196. The molecule has 0 saturated heterocycles. The first-order valence-electron chi connectivity index (χ1n) is 2.68. The lowest BCUT2D eigenvalue weighted by Crippen LogP contribution is -1.93. The van der Waals surface area contributed by atoms with Gasteiger partial charge in [0, 0.05) is 3.57 Å². The number of hydrogen-bond acceptors (Lipinski definition) is 1. The van der Waals surface area contributed by atoms with Crippen molar-refractivity contribution in [1.29, 1.82) is 0 Å². The molecule has 1 rings (SSSR count). The van der Waals surface area contributed by atoms with Crippen molar-refractivity contribution in [2.24, 2.45) is 0 Å². The van der Waals surface area contributed by atoms with Crippen molar-refractivity contribution < 1.29 is 4.39 Å². The number of hydrogen-bond donors (Lipinski definition) is 0. The van der Waals surface area contributed by atoms with Gasteiger partial charge < -0.3 is 0 Å². The van der Waals surface area contributed by atoms with E-state index in [1.807, 2.05) is 1.33 Å². The van der Waals surface area contributed by atoms with Crippen LogP contribution in [0.4, 0.5) is 10.1 Å². The van der Waals surface area contributed by atoms with Crippen molar-refractivity contribution in [1.82, 2.24) is 0 Å². The van der Waals surface area contributed by atoms with Crippen LogP contribution in [0.3, 0.4) is 0 Å². The topological polar surface area (TPSA) is 3.24 Å². The molecular formula is C6H3FI3N. The van der Waals surface area contributed by atoms with Gasteiger partial charge in [0.1, 0.15) is 5.82 Å². The summed E-state index contributed by atoms with van der Waals surface area (Å²) in [4.78, 5) is 0. The Bertz CT molecular complexity index is 264. The summed E-state index contributed by atoms with van der Waals surface area (Å²) in [5, 5.41) is 0. The van der Waals surface area contributed by atoms with Crippen molar-refractivity contribution in [2.45, 2.75) is 0 Å². The second kappa shape index (κ2) is 4.40. The number of halogens is 4. The second-order valence-corrected chi connectivity index (χ2v) is 6.77. The fourth-order valence-electron chi connectivity index (χ4n) is 0.615. The van der Waals surface area contributed by atoms with E-state index >= 15 is 0 Å². The van der Waals surface area contributed by atoms with Crippen LogP contribution >= 0.6 is 68.3 Å². The summed E-state index contributed by atoms with van der Waals surface area (Å²) in [6.07, 6.45) is 0. The number of benzene rings is 1. The van der Waals surface area contributed by atoms with Crippen molar-refractivity contribution in [3.8, 4) is 0 Å². The summed E-state index contributed by atoms with van der Waals surface area (Å²) in [7, 11) is 0. The molecule has 0 radical (unpaired) electrons. The smallest absolute Gasteiger partial charge is 0.125 e. The quantitative estimate of drug-likeness (QED) is 0.428. The maximum Gasteiger partial charge on any atom is 0.125 e. The molecule has 0 aliphatic rings. The number of rotatable bonds is 1. The lowest BCUT2D eigenvalue weighted by Gasteiger charge is -2.08. The summed E-state index contributed by atoms with van der Waals surface area (Å²) >= 11 is 6.37. The molecule has 0 bridgehead atoms. The highest BCUT2D eigenvalue weighted by molar-refractivity contribution is 14.2. The maximum absolute atomic E-state index is 12.7. The van der Waals surface area contributed by atoms with Gasteiger partial charge in [-0.1, -0.05) is 0 Å². The highest BCUT2D eigenvalue weighted by Gasteiger charge is 2.04. The van der Waals surface area contributed by atoms with Crippen LogP contribution in [0.15, 0.2) is 18.2 Å².